The highest BCUT2D eigenvalue weighted by Gasteiger charge is 2.26. The number of hydrogen-bond acceptors (Lipinski definition) is 6. The Bertz CT molecular complexity index is 881. The van der Waals surface area contributed by atoms with Crippen LogP contribution in [-0.4, -0.2) is 73.2 Å². The van der Waals surface area contributed by atoms with Crippen LogP contribution in [0.1, 0.15) is 43.2 Å². The summed E-state index contributed by atoms with van der Waals surface area (Å²) in [5.74, 6) is 1.91. The molecule has 0 atom stereocenters. The third-order valence-electron chi connectivity index (χ3n) is 6.89. The van der Waals surface area contributed by atoms with Crippen molar-refractivity contribution in [3.63, 3.8) is 0 Å². The molecule has 2 aliphatic rings. The second-order valence-electron chi connectivity index (χ2n) is 9.22. The van der Waals surface area contributed by atoms with Gasteiger partial charge in [0.2, 0.25) is 11.8 Å². The van der Waals surface area contributed by atoms with Crippen molar-refractivity contribution in [1.29, 1.82) is 0 Å². The number of carbonyl (C=O) groups is 1. The molecule has 0 unspecified atom stereocenters. The Labute approximate surface area is 197 Å². The maximum Gasteiger partial charge on any atom is 0.226 e. The molecule has 0 spiro atoms. The average Bonchev–Trinajstić information content (AvgIpc) is 3.23. The number of morpholine rings is 1. The molecule has 2 fully saturated rings. The van der Waals surface area contributed by atoms with E-state index in [1.807, 2.05) is 6.92 Å². The third-order valence-corrected chi connectivity index (χ3v) is 6.89. The number of nitrogens with one attached hydrogen (secondary N) is 1. The average molecular weight is 455 g/mol. The lowest BCUT2D eigenvalue weighted by molar-refractivity contribution is -0.126. The van der Waals surface area contributed by atoms with Gasteiger partial charge in [0.25, 0.3) is 0 Å². The number of hydrogen-bond donors (Lipinski definition) is 1. The molecule has 180 valence electrons. The molecule has 3 heterocycles. The van der Waals surface area contributed by atoms with Crippen LogP contribution in [0.4, 0.5) is 0 Å². The molecule has 0 bridgehead atoms. The van der Waals surface area contributed by atoms with Crippen LogP contribution in [0.15, 0.2) is 28.7 Å². The summed E-state index contributed by atoms with van der Waals surface area (Å²) in [5.41, 5.74) is 3.33. The highest BCUT2D eigenvalue weighted by atomic mass is 16.5. The predicted molar refractivity (Wildman–Crippen MR) is 129 cm³/mol. The van der Waals surface area contributed by atoms with E-state index in [4.69, 9.17) is 14.1 Å². The van der Waals surface area contributed by atoms with Gasteiger partial charge in [-0.25, -0.2) is 4.98 Å². The minimum absolute atomic E-state index is 0.121. The van der Waals surface area contributed by atoms with Gasteiger partial charge in [-0.1, -0.05) is 19.1 Å². The van der Waals surface area contributed by atoms with Gasteiger partial charge in [-0.2, -0.15) is 0 Å². The van der Waals surface area contributed by atoms with Crippen LogP contribution < -0.4 is 5.32 Å². The molecule has 1 aromatic heterocycles. The van der Waals surface area contributed by atoms with E-state index in [1.165, 1.54) is 5.56 Å². The van der Waals surface area contributed by atoms with E-state index in [0.717, 1.165) is 102 Å². The lowest BCUT2D eigenvalue weighted by atomic mass is 9.95. The Morgan fingerprint density at radius 2 is 1.82 bits per heavy atom. The van der Waals surface area contributed by atoms with Gasteiger partial charge in [-0.05, 0) is 69.9 Å². The van der Waals surface area contributed by atoms with Crippen molar-refractivity contribution in [3.05, 3.63) is 41.3 Å². The number of ether oxygens (including phenoxy) is 1. The number of rotatable bonds is 9. The minimum atomic E-state index is 0.121. The summed E-state index contributed by atoms with van der Waals surface area (Å²) in [7, 11) is 0. The van der Waals surface area contributed by atoms with E-state index >= 15 is 0 Å². The normalized spacial score (nSPS) is 18.5. The first-order valence-corrected chi connectivity index (χ1v) is 12.5. The Morgan fingerprint density at radius 1 is 1.09 bits per heavy atom. The zero-order chi connectivity index (χ0) is 23.0. The second kappa shape index (κ2) is 11.8. The first-order chi connectivity index (χ1) is 16.1. The van der Waals surface area contributed by atoms with Crippen LogP contribution >= 0.6 is 0 Å². The molecular weight excluding hydrogens is 416 g/mol. The molecule has 33 heavy (non-hydrogen) atoms. The molecule has 0 radical (unpaired) electrons. The van der Waals surface area contributed by atoms with Gasteiger partial charge in [0.1, 0.15) is 5.76 Å². The number of carbonyl (C=O) groups excluding carboxylic acids is 1. The number of benzene rings is 1. The van der Waals surface area contributed by atoms with Gasteiger partial charge in [0.15, 0.2) is 0 Å². The van der Waals surface area contributed by atoms with E-state index in [-0.39, 0.29) is 11.8 Å². The second-order valence-corrected chi connectivity index (χ2v) is 9.22. The number of likely N-dealkylation sites (tertiary alicyclic amines) is 1. The van der Waals surface area contributed by atoms with E-state index in [2.05, 4.69) is 46.3 Å². The fourth-order valence-electron chi connectivity index (χ4n) is 4.63. The molecule has 2 aromatic rings. The summed E-state index contributed by atoms with van der Waals surface area (Å²) in [4.78, 5) is 22.2. The van der Waals surface area contributed by atoms with Crippen molar-refractivity contribution >= 4 is 5.91 Å². The van der Waals surface area contributed by atoms with Crippen molar-refractivity contribution in [1.82, 2.24) is 20.1 Å². The maximum atomic E-state index is 12.6. The number of amides is 1. The lowest BCUT2D eigenvalue weighted by Crippen LogP contribution is -2.41. The SMILES string of the molecule is CCc1ccc(-c2nc(CN3CCC(C(=O)NCCCN4CCOCC4)CC3)c(C)o2)cc1. The van der Waals surface area contributed by atoms with E-state index in [9.17, 15) is 4.79 Å². The van der Waals surface area contributed by atoms with Crippen LogP contribution in [0.3, 0.4) is 0 Å². The quantitative estimate of drug-likeness (QED) is 0.587. The number of aryl methyl sites for hydroxylation is 2. The summed E-state index contributed by atoms with van der Waals surface area (Å²) >= 11 is 0. The zero-order valence-electron chi connectivity index (χ0n) is 20.1. The van der Waals surface area contributed by atoms with Gasteiger partial charge < -0.3 is 14.5 Å². The summed E-state index contributed by atoms with van der Waals surface area (Å²) in [6.07, 6.45) is 3.83. The first kappa shape index (κ1) is 23.9. The molecule has 7 heteroatoms. The van der Waals surface area contributed by atoms with Crippen molar-refractivity contribution in [2.24, 2.45) is 5.92 Å². The molecule has 1 N–H and O–H groups in total. The van der Waals surface area contributed by atoms with E-state index < -0.39 is 0 Å². The molecule has 7 nitrogen and oxygen atoms in total. The predicted octanol–water partition coefficient (Wildman–Crippen LogP) is 3.26. The minimum Gasteiger partial charge on any atom is -0.441 e. The third kappa shape index (κ3) is 6.65. The summed E-state index contributed by atoms with van der Waals surface area (Å²) in [5, 5.41) is 3.15. The number of oxazole rings is 1. The monoisotopic (exact) mass is 454 g/mol. The van der Waals surface area contributed by atoms with Crippen LogP contribution in [0.5, 0.6) is 0 Å². The van der Waals surface area contributed by atoms with Gasteiger partial charge in [0.05, 0.1) is 18.9 Å². The fraction of sp³-hybridized carbons (Fsp3) is 0.615. The maximum absolute atomic E-state index is 12.6. The smallest absolute Gasteiger partial charge is 0.226 e. The number of nitrogens with zero attached hydrogens (tertiary/aromatic N) is 3. The van der Waals surface area contributed by atoms with Gasteiger partial charge in [-0.15, -0.1) is 0 Å². The van der Waals surface area contributed by atoms with Gasteiger partial charge >= 0.3 is 0 Å². The molecule has 4 rings (SSSR count). The van der Waals surface area contributed by atoms with Crippen molar-refractivity contribution in [2.75, 3.05) is 52.5 Å². The van der Waals surface area contributed by atoms with Crippen LogP contribution in [-0.2, 0) is 22.5 Å². The van der Waals surface area contributed by atoms with Gasteiger partial charge in [0, 0.05) is 37.7 Å². The highest BCUT2D eigenvalue weighted by molar-refractivity contribution is 5.78. The Kier molecular flexibility index (Phi) is 8.53. The van der Waals surface area contributed by atoms with Crippen LogP contribution in [0.25, 0.3) is 11.5 Å². The molecule has 0 aliphatic carbocycles. The summed E-state index contributed by atoms with van der Waals surface area (Å²) in [6.45, 7) is 12.2. The summed E-state index contributed by atoms with van der Waals surface area (Å²) < 4.78 is 11.3. The Balaban J connectivity index is 1.19. The summed E-state index contributed by atoms with van der Waals surface area (Å²) in [6, 6.07) is 8.43. The van der Waals surface area contributed by atoms with Crippen LogP contribution in [0, 0.1) is 12.8 Å². The van der Waals surface area contributed by atoms with E-state index in [0.29, 0.717) is 5.89 Å². The van der Waals surface area contributed by atoms with Gasteiger partial charge in [-0.3, -0.25) is 14.6 Å². The lowest BCUT2D eigenvalue weighted by Gasteiger charge is -2.31. The largest absolute Gasteiger partial charge is 0.441 e. The topological polar surface area (TPSA) is 70.8 Å². The number of aromatic nitrogens is 1. The van der Waals surface area contributed by atoms with E-state index in [1.54, 1.807) is 0 Å². The molecule has 0 saturated carbocycles. The highest BCUT2D eigenvalue weighted by Crippen LogP contribution is 2.25. The number of piperidine rings is 1. The molecule has 2 aliphatic heterocycles. The zero-order valence-corrected chi connectivity index (χ0v) is 20.1. The first-order valence-electron chi connectivity index (χ1n) is 12.5. The van der Waals surface area contributed by atoms with Crippen molar-refractivity contribution < 1.29 is 13.9 Å². The molecule has 1 amide bonds. The molecule has 1 aromatic carbocycles. The van der Waals surface area contributed by atoms with Crippen molar-refractivity contribution in [3.8, 4) is 11.5 Å². The standard InChI is InChI=1S/C26H38N4O3/c1-3-21-5-7-23(8-6-21)26-28-24(20(2)33-26)19-30-13-9-22(10-14-30)25(31)27-11-4-12-29-15-17-32-18-16-29/h5-8,22H,3-4,9-19H2,1-2H3,(H,27,31). The fourth-order valence-corrected chi connectivity index (χ4v) is 4.63. The molecule has 2 saturated heterocycles. The Hall–Kier alpha value is -2.22. The van der Waals surface area contributed by atoms with Crippen LogP contribution in [0.2, 0.25) is 0 Å². The molecular formula is C26H38N4O3. The van der Waals surface area contributed by atoms with Crippen molar-refractivity contribution in [2.45, 2.75) is 46.1 Å². The Morgan fingerprint density at radius 3 is 2.52 bits per heavy atom.